The van der Waals surface area contributed by atoms with E-state index in [9.17, 15) is 9.18 Å². The highest BCUT2D eigenvalue weighted by Gasteiger charge is 2.28. The Balaban J connectivity index is 1.34. The highest BCUT2D eigenvalue weighted by molar-refractivity contribution is 5.75. The van der Waals surface area contributed by atoms with Crippen LogP contribution in [0.1, 0.15) is 23.6 Å². The van der Waals surface area contributed by atoms with Crippen molar-refractivity contribution in [3.63, 3.8) is 0 Å². The van der Waals surface area contributed by atoms with E-state index in [0.717, 1.165) is 48.6 Å². The van der Waals surface area contributed by atoms with Crippen LogP contribution in [0.5, 0.6) is 5.75 Å². The van der Waals surface area contributed by atoms with Crippen molar-refractivity contribution >= 4 is 11.8 Å². The maximum absolute atomic E-state index is 13.4. The molecule has 0 spiro atoms. The summed E-state index contributed by atoms with van der Waals surface area (Å²) in [5, 5.41) is 3.11. The molecule has 0 radical (unpaired) electrons. The molecule has 1 saturated heterocycles. The van der Waals surface area contributed by atoms with Crippen molar-refractivity contribution in [2.45, 2.75) is 18.9 Å². The van der Waals surface area contributed by atoms with Crippen LogP contribution < -0.4 is 15.0 Å². The van der Waals surface area contributed by atoms with Crippen LogP contribution in [0, 0.1) is 5.82 Å². The molecule has 1 aliphatic carbocycles. The van der Waals surface area contributed by atoms with Crippen molar-refractivity contribution in [3.8, 4) is 5.75 Å². The lowest BCUT2D eigenvalue weighted by Gasteiger charge is -2.36. The minimum atomic E-state index is -0.219. The maximum Gasteiger partial charge on any atom is 0.318 e. The monoisotopic (exact) mass is 370 g/mol. The first kappa shape index (κ1) is 17.6. The number of piperazine rings is 1. The highest BCUT2D eigenvalue weighted by atomic mass is 19.1. The molecule has 2 aliphatic rings. The molecule has 27 heavy (non-hydrogen) atoms. The van der Waals surface area contributed by atoms with Crippen molar-refractivity contribution < 1.29 is 13.9 Å². The third-order valence-corrected chi connectivity index (χ3v) is 5.32. The molecule has 1 fully saturated rings. The van der Waals surface area contributed by atoms with Crippen LogP contribution in [-0.4, -0.2) is 49.2 Å². The van der Waals surface area contributed by atoms with Gasteiger partial charge >= 0.3 is 6.03 Å². The first-order chi connectivity index (χ1) is 13.1. The number of hydrogen-bond acceptors (Lipinski definition) is 4. The van der Waals surface area contributed by atoms with E-state index in [1.54, 1.807) is 25.4 Å². The molecule has 1 aromatic carbocycles. The Hall–Kier alpha value is -2.83. The molecule has 1 unspecified atom stereocenters. The van der Waals surface area contributed by atoms with E-state index < -0.39 is 0 Å². The number of hydrogen-bond donors (Lipinski definition) is 1. The lowest BCUT2D eigenvalue weighted by atomic mass is 10.1. The predicted molar refractivity (Wildman–Crippen MR) is 101 cm³/mol. The lowest BCUT2D eigenvalue weighted by molar-refractivity contribution is 0.190. The molecule has 1 aliphatic heterocycles. The number of pyridine rings is 1. The van der Waals surface area contributed by atoms with Crippen molar-refractivity contribution in [3.05, 3.63) is 53.5 Å². The average Bonchev–Trinajstić information content (AvgIpc) is 3.09. The summed E-state index contributed by atoms with van der Waals surface area (Å²) in [4.78, 5) is 21.0. The standard InChI is InChI=1S/C20H23FN4O2/c1-27-16-6-7-22-19(13-16)24-8-10-25(11-9-24)20(26)23-18-5-2-14-12-15(21)3-4-17(14)18/h3-4,6-7,12-13,18H,2,5,8-11H2,1H3,(H,23,26). The Kier molecular flexibility index (Phi) is 4.83. The third kappa shape index (κ3) is 3.67. The van der Waals surface area contributed by atoms with Crippen molar-refractivity contribution in [1.29, 1.82) is 0 Å². The van der Waals surface area contributed by atoms with Gasteiger partial charge in [0.15, 0.2) is 0 Å². The van der Waals surface area contributed by atoms with Crippen molar-refractivity contribution in [2.75, 3.05) is 38.2 Å². The molecule has 1 aromatic heterocycles. The molecule has 4 rings (SSSR count). The van der Waals surface area contributed by atoms with Gasteiger partial charge in [-0.25, -0.2) is 14.2 Å². The van der Waals surface area contributed by atoms with Crippen LogP contribution in [0.2, 0.25) is 0 Å². The Morgan fingerprint density at radius 2 is 2.04 bits per heavy atom. The number of nitrogens with zero attached hydrogens (tertiary/aromatic N) is 3. The van der Waals surface area contributed by atoms with Gasteiger partial charge in [0.1, 0.15) is 17.4 Å². The molecule has 6 nitrogen and oxygen atoms in total. The van der Waals surface area contributed by atoms with E-state index in [1.807, 2.05) is 17.0 Å². The summed E-state index contributed by atoms with van der Waals surface area (Å²) in [6.45, 7) is 2.71. The molecular weight excluding hydrogens is 347 g/mol. The average molecular weight is 370 g/mol. The summed E-state index contributed by atoms with van der Waals surface area (Å²) in [7, 11) is 1.64. The number of fused-ring (bicyclic) bond motifs is 1. The third-order valence-electron chi connectivity index (χ3n) is 5.32. The van der Waals surface area contributed by atoms with Gasteiger partial charge in [0.2, 0.25) is 0 Å². The molecule has 2 amide bonds. The summed E-state index contributed by atoms with van der Waals surface area (Å²) in [6, 6.07) is 8.45. The minimum absolute atomic E-state index is 0.0359. The largest absolute Gasteiger partial charge is 0.497 e. The summed E-state index contributed by atoms with van der Waals surface area (Å²) >= 11 is 0. The second-order valence-electron chi connectivity index (χ2n) is 6.91. The van der Waals surface area contributed by atoms with E-state index in [4.69, 9.17) is 4.74 Å². The molecule has 2 heterocycles. The Labute approximate surface area is 157 Å². The number of benzene rings is 1. The zero-order chi connectivity index (χ0) is 18.8. The molecule has 0 bridgehead atoms. The zero-order valence-electron chi connectivity index (χ0n) is 15.3. The Morgan fingerprint density at radius 3 is 2.81 bits per heavy atom. The maximum atomic E-state index is 13.4. The number of ether oxygens (including phenoxy) is 1. The van der Waals surface area contributed by atoms with Crippen LogP contribution >= 0.6 is 0 Å². The van der Waals surface area contributed by atoms with E-state index >= 15 is 0 Å². The number of halogens is 1. The number of anilines is 1. The number of nitrogens with one attached hydrogen (secondary N) is 1. The number of carbonyl (C=O) groups is 1. The molecule has 2 aromatic rings. The first-order valence-electron chi connectivity index (χ1n) is 9.23. The summed E-state index contributed by atoms with van der Waals surface area (Å²) < 4.78 is 18.6. The van der Waals surface area contributed by atoms with Crippen LogP contribution in [0.4, 0.5) is 15.0 Å². The summed E-state index contributed by atoms with van der Waals surface area (Å²) in [5.74, 6) is 1.42. The van der Waals surface area contributed by atoms with E-state index in [2.05, 4.69) is 15.2 Å². The van der Waals surface area contributed by atoms with Gasteiger partial charge in [-0.2, -0.15) is 0 Å². The lowest BCUT2D eigenvalue weighted by Crippen LogP contribution is -2.52. The van der Waals surface area contributed by atoms with E-state index in [0.29, 0.717) is 13.1 Å². The van der Waals surface area contributed by atoms with E-state index in [1.165, 1.54) is 6.07 Å². The summed E-state index contributed by atoms with van der Waals surface area (Å²) in [6.07, 6.45) is 3.35. The van der Waals surface area contributed by atoms with Gasteiger partial charge in [-0.15, -0.1) is 0 Å². The Bertz CT molecular complexity index is 836. The van der Waals surface area contributed by atoms with Gasteiger partial charge in [-0.1, -0.05) is 6.07 Å². The topological polar surface area (TPSA) is 57.7 Å². The molecule has 7 heteroatoms. The second-order valence-corrected chi connectivity index (χ2v) is 6.91. The molecule has 1 N–H and O–H groups in total. The fourth-order valence-electron chi connectivity index (χ4n) is 3.81. The van der Waals surface area contributed by atoms with Gasteiger partial charge in [0.05, 0.1) is 13.2 Å². The van der Waals surface area contributed by atoms with Crippen LogP contribution in [-0.2, 0) is 6.42 Å². The van der Waals surface area contributed by atoms with Crippen molar-refractivity contribution in [2.24, 2.45) is 0 Å². The van der Waals surface area contributed by atoms with Gasteiger partial charge in [-0.05, 0) is 42.2 Å². The van der Waals surface area contributed by atoms with Gasteiger partial charge in [-0.3, -0.25) is 0 Å². The normalized spacial score (nSPS) is 19.0. The number of aryl methyl sites for hydroxylation is 1. The number of aromatic nitrogens is 1. The molecule has 0 saturated carbocycles. The smallest absolute Gasteiger partial charge is 0.318 e. The molecule has 1 atom stereocenters. The second kappa shape index (κ2) is 7.42. The predicted octanol–water partition coefficient (Wildman–Crippen LogP) is 2.75. The Morgan fingerprint density at radius 1 is 1.22 bits per heavy atom. The van der Waals surface area contributed by atoms with Gasteiger partial charge in [0, 0.05) is 38.4 Å². The number of amides is 2. The number of methoxy groups -OCH3 is 1. The van der Waals surface area contributed by atoms with Crippen LogP contribution in [0.25, 0.3) is 0 Å². The van der Waals surface area contributed by atoms with Crippen LogP contribution in [0.3, 0.4) is 0 Å². The van der Waals surface area contributed by atoms with Crippen LogP contribution in [0.15, 0.2) is 36.5 Å². The van der Waals surface area contributed by atoms with Gasteiger partial charge in [0.25, 0.3) is 0 Å². The highest BCUT2D eigenvalue weighted by Crippen LogP contribution is 2.31. The zero-order valence-corrected chi connectivity index (χ0v) is 15.3. The SMILES string of the molecule is COc1ccnc(N2CCN(C(=O)NC3CCc4cc(F)ccc43)CC2)c1. The van der Waals surface area contributed by atoms with E-state index in [-0.39, 0.29) is 17.9 Å². The number of urea groups is 1. The number of rotatable bonds is 3. The number of carbonyl (C=O) groups excluding carboxylic acids is 1. The minimum Gasteiger partial charge on any atom is -0.497 e. The molecular formula is C20H23FN4O2. The van der Waals surface area contributed by atoms with Crippen molar-refractivity contribution in [1.82, 2.24) is 15.2 Å². The van der Waals surface area contributed by atoms with Gasteiger partial charge < -0.3 is 19.9 Å². The fraction of sp³-hybridized carbons (Fsp3) is 0.400. The summed E-state index contributed by atoms with van der Waals surface area (Å²) in [5.41, 5.74) is 2.03. The first-order valence-corrected chi connectivity index (χ1v) is 9.23. The quantitative estimate of drug-likeness (QED) is 0.903. The fourth-order valence-corrected chi connectivity index (χ4v) is 3.81. The molecule has 142 valence electrons.